The van der Waals surface area contributed by atoms with E-state index < -0.39 is 84.9 Å². The minimum atomic E-state index is -1.86. The molecule has 2 aliphatic heterocycles. The van der Waals surface area contributed by atoms with Crippen LogP contribution in [0.2, 0.25) is 0 Å². The smallest absolute Gasteiger partial charge is 0.239 e. The van der Waals surface area contributed by atoms with Gasteiger partial charge >= 0.3 is 0 Å². The molecule has 1 aromatic heterocycles. The first kappa shape index (κ1) is 30.9. The molecule has 15 nitrogen and oxygen atoms in total. The third-order valence-corrected chi connectivity index (χ3v) is 7.41. The number of aromatic hydroxyl groups is 2. The molecule has 2 aromatic carbocycles. The highest BCUT2D eigenvalue weighted by atomic mass is 16.8. The first-order chi connectivity index (χ1) is 20.4. The molecular formula is C28H32O15. The van der Waals surface area contributed by atoms with Gasteiger partial charge in [0.1, 0.15) is 64.8 Å². The van der Waals surface area contributed by atoms with Crippen molar-refractivity contribution in [3.63, 3.8) is 0 Å². The number of aliphatic hydroxyl groups is 6. The quantitative estimate of drug-likeness (QED) is 0.159. The molecule has 2 saturated heterocycles. The second-order valence-electron chi connectivity index (χ2n) is 10.3. The predicted molar refractivity (Wildman–Crippen MR) is 143 cm³/mol. The molecule has 8 N–H and O–H groups in total. The second-order valence-corrected chi connectivity index (χ2v) is 10.3. The zero-order valence-electron chi connectivity index (χ0n) is 22.9. The number of methoxy groups -OCH3 is 1. The van der Waals surface area contributed by atoms with E-state index in [9.17, 15) is 45.6 Å². The van der Waals surface area contributed by atoms with E-state index in [0.29, 0.717) is 0 Å². The molecule has 15 heteroatoms. The number of phenolic OH excluding ortho intramolecular Hbond substituents is 2. The number of ether oxygens (including phenoxy) is 5. The second kappa shape index (κ2) is 12.2. The van der Waals surface area contributed by atoms with Crippen molar-refractivity contribution in [1.29, 1.82) is 0 Å². The lowest BCUT2D eigenvalue weighted by Gasteiger charge is -2.45. The average molecular weight is 609 g/mol. The minimum absolute atomic E-state index is 0.103. The molecule has 0 saturated carbocycles. The molecule has 10 atom stereocenters. The van der Waals surface area contributed by atoms with Crippen LogP contribution in [0.5, 0.6) is 23.0 Å². The van der Waals surface area contributed by atoms with Gasteiger partial charge in [-0.2, -0.15) is 0 Å². The van der Waals surface area contributed by atoms with Gasteiger partial charge in [0.2, 0.25) is 17.5 Å². The summed E-state index contributed by atoms with van der Waals surface area (Å²) in [5.41, 5.74) is -0.862. The van der Waals surface area contributed by atoms with Crippen molar-refractivity contribution < 1.29 is 69.0 Å². The minimum Gasteiger partial charge on any atom is -0.508 e. The van der Waals surface area contributed by atoms with Gasteiger partial charge in [0, 0.05) is 17.7 Å². The lowest BCUT2D eigenvalue weighted by Crippen LogP contribution is -2.64. The zero-order chi connectivity index (χ0) is 31.2. The fourth-order valence-corrected chi connectivity index (χ4v) is 5.01. The van der Waals surface area contributed by atoms with Gasteiger partial charge < -0.3 is 69.0 Å². The van der Waals surface area contributed by atoms with E-state index in [4.69, 9.17) is 28.1 Å². The molecule has 2 fully saturated rings. The van der Waals surface area contributed by atoms with Crippen molar-refractivity contribution in [2.75, 3.05) is 13.7 Å². The monoisotopic (exact) mass is 608 g/mol. The number of phenols is 2. The van der Waals surface area contributed by atoms with Crippen molar-refractivity contribution in [2.45, 2.75) is 68.3 Å². The summed E-state index contributed by atoms with van der Waals surface area (Å²) in [4.78, 5) is 13.8. The Bertz CT molecular complexity index is 1510. The lowest BCUT2D eigenvalue weighted by molar-refractivity contribution is -0.354. The number of hydrogen-bond acceptors (Lipinski definition) is 15. The maximum absolute atomic E-state index is 13.8. The van der Waals surface area contributed by atoms with Crippen LogP contribution in [-0.4, -0.2) is 116 Å². The van der Waals surface area contributed by atoms with Crippen LogP contribution in [0.1, 0.15) is 6.92 Å². The van der Waals surface area contributed by atoms with Crippen molar-refractivity contribution in [3.8, 4) is 34.3 Å². The lowest BCUT2D eigenvalue weighted by atomic mass is 9.97. The largest absolute Gasteiger partial charge is 0.508 e. The standard InChI is InChI=1S/C28H32O15/c1-10-18(32)21(35)23(37)27(39-10)43-26-22(36)19(33)16(9-29)41-28(26)42-25-20(34)17-14(31)7-13(38-2)8-15(17)40-24(25)11-4-3-5-12(30)6-11/h3-8,10,16,18-19,21-23,26-33,35-37H,9H2,1-2H3/t10-,16+,18-,19+,21+,22-,23-,26+,27-,28-/m0/s1. The Morgan fingerprint density at radius 1 is 0.884 bits per heavy atom. The number of rotatable bonds is 7. The molecule has 0 unspecified atom stereocenters. The van der Waals surface area contributed by atoms with Crippen LogP contribution >= 0.6 is 0 Å². The van der Waals surface area contributed by atoms with Crippen LogP contribution in [0, 0.1) is 0 Å². The molecule has 0 radical (unpaired) electrons. The van der Waals surface area contributed by atoms with E-state index in [2.05, 4.69) is 0 Å². The Kier molecular flexibility index (Phi) is 8.80. The van der Waals surface area contributed by atoms with Gasteiger partial charge in [-0.15, -0.1) is 0 Å². The molecule has 0 aliphatic carbocycles. The van der Waals surface area contributed by atoms with Crippen LogP contribution in [-0.2, 0) is 14.2 Å². The highest BCUT2D eigenvalue weighted by Gasteiger charge is 2.51. The van der Waals surface area contributed by atoms with Gasteiger partial charge in [0.05, 0.1) is 19.8 Å². The summed E-state index contributed by atoms with van der Waals surface area (Å²) in [5.74, 6) is -1.36. The van der Waals surface area contributed by atoms with E-state index in [1.165, 1.54) is 50.4 Å². The summed E-state index contributed by atoms with van der Waals surface area (Å²) in [6.07, 6.45) is -16.2. The van der Waals surface area contributed by atoms with Crippen LogP contribution in [0.3, 0.4) is 0 Å². The molecule has 5 rings (SSSR count). The van der Waals surface area contributed by atoms with E-state index in [0.717, 1.165) is 0 Å². The fraction of sp³-hybridized carbons (Fsp3) is 0.464. The molecular weight excluding hydrogens is 576 g/mol. The number of aliphatic hydroxyl groups excluding tert-OH is 6. The van der Waals surface area contributed by atoms with E-state index in [1.807, 2.05) is 0 Å². The summed E-state index contributed by atoms with van der Waals surface area (Å²) in [7, 11) is 1.34. The number of fused-ring (bicyclic) bond motifs is 1. The van der Waals surface area contributed by atoms with Crippen molar-refractivity contribution in [3.05, 3.63) is 46.6 Å². The van der Waals surface area contributed by atoms with Gasteiger partial charge in [0.25, 0.3) is 0 Å². The maximum Gasteiger partial charge on any atom is 0.239 e. The van der Waals surface area contributed by atoms with Crippen molar-refractivity contribution in [1.82, 2.24) is 0 Å². The third-order valence-electron chi connectivity index (χ3n) is 7.41. The first-order valence-electron chi connectivity index (χ1n) is 13.3. The van der Waals surface area contributed by atoms with E-state index in [-0.39, 0.29) is 33.8 Å². The third kappa shape index (κ3) is 5.74. The molecule has 0 amide bonds. The SMILES string of the molecule is COc1cc(O)c2c(=O)c(O[C@@H]3O[C@H](CO)[C@@H](O)[C@H](O)[C@H]3O[C@@H]3O[C@@H](C)[C@H](O)[C@@H](O)[C@@H]3O)c(-c3cccc(O)c3)oc2c1. The summed E-state index contributed by atoms with van der Waals surface area (Å²) >= 11 is 0. The Hall–Kier alpha value is -3.51. The van der Waals surface area contributed by atoms with Gasteiger partial charge in [-0.05, 0) is 19.1 Å². The Balaban J connectivity index is 1.61. The topological polar surface area (TPSA) is 238 Å². The van der Waals surface area contributed by atoms with Crippen LogP contribution in [0.15, 0.2) is 45.6 Å². The summed E-state index contributed by atoms with van der Waals surface area (Å²) < 4.78 is 33.9. The van der Waals surface area contributed by atoms with E-state index >= 15 is 0 Å². The molecule has 43 heavy (non-hydrogen) atoms. The maximum atomic E-state index is 13.8. The fourth-order valence-electron chi connectivity index (χ4n) is 5.01. The number of hydrogen-bond donors (Lipinski definition) is 8. The van der Waals surface area contributed by atoms with Crippen LogP contribution < -0.4 is 14.9 Å². The van der Waals surface area contributed by atoms with Crippen molar-refractivity contribution >= 4 is 11.0 Å². The van der Waals surface area contributed by atoms with Crippen molar-refractivity contribution in [2.24, 2.45) is 0 Å². The normalized spacial score (nSPS) is 32.9. The first-order valence-corrected chi connectivity index (χ1v) is 13.3. The molecule has 0 spiro atoms. The summed E-state index contributed by atoms with van der Waals surface area (Å²) in [6, 6.07) is 8.11. The number of benzene rings is 2. The molecule has 3 heterocycles. The Morgan fingerprint density at radius 2 is 1.63 bits per heavy atom. The average Bonchev–Trinajstić information content (AvgIpc) is 2.98. The zero-order valence-corrected chi connectivity index (χ0v) is 22.9. The van der Waals surface area contributed by atoms with E-state index in [1.54, 1.807) is 0 Å². The van der Waals surface area contributed by atoms with Gasteiger partial charge in [-0.3, -0.25) is 4.79 Å². The summed E-state index contributed by atoms with van der Waals surface area (Å²) in [5, 5.41) is 82.5. The van der Waals surface area contributed by atoms with Gasteiger partial charge in [0.15, 0.2) is 18.2 Å². The van der Waals surface area contributed by atoms with Gasteiger partial charge in [-0.25, -0.2) is 0 Å². The predicted octanol–water partition coefficient (Wildman–Crippen LogP) is -1.09. The molecule has 234 valence electrons. The highest BCUT2D eigenvalue weighted by Crippen LogP contribution is 2.38. The molecule has 0 bridgehead atoms. The van der Waals surface area contributed by atoms with Crippen LogP contribution in [0.4, 0.5) is 0 Å². The molecule has 2 aliphatic rings. The Morgan fingerprint density at radius 3 is 2.30 bits per heavy atom. The van der Waals surface area contributed by atoms with Crippen LogP contribution in [0.25, 0.3) is 22.3 Å². The van der Waals surface area contributed by atoms with Gasteiger partial charge in [-0.1, -0.05) is 12.1 Å². The summed E-state index contributed by atoms with van der Waals surface area (Å²) in [6.45, 7) is 0.611. The highest BCUT2D eigenvalue weighted by molar-refractivity contribution is 5.88. The molecule has 3 aromatic rings. The Labute approximate surface area is 243 Å².